The third-order valence-corrected chi connectivity index (χ3v) is 10.8. The summed E-state index contributed by atoms with van der Waals surface area (Å²) < 4.78 is 0. The summed E-state index contributed by atoms with van der Waals surface area (Å²) in [4.78, 5) is 29.7. The maximum absolute atomic E-state index is 5.19. The second-order valence-corrected chi connectivity index (χ2v) is 14.4. The van der Waals surface area contributed by atoms with E-state index in [2.05, 4.69) is 126 Å². The van der Waals surface area contributed by atoms with E-state index in [0.717, 1.165) is 105 Å². The zero-order chi connectivity index (χ0) is 38.4. The van der Waals surface area contributed by atoms with E-state index < -0.39 is 0 Å². The van der Waals surface area contributed by atoms with Crippen LogP contribution in [-0.2, 0) is 0 Å². The normalized spacial score (nSPS) is 11.4. The fourth-order valence-electron chi connectivity index (χ4n) is 7.77. The van der Waals surface area contributed by atoms with E-state index in [1.165, 1.54) is 0 Å². The first kappa shape index (κ1) is 33.4. The van der Waals surface area contributed by atoms with Gasteiger partial charge in [-0.05, 0) is 59.7 Å². The number of nitrogens with zero attached hydrogens (tertiary/aromatic N) is 6. The van der Waals surface area contributed by atoms with Gasteiger partial charge in [-0.3, -0.25) is 9.97 Å². The minimum absolute atomic E-state index is 0.703. The van der Waals surface area contributed by atoms with E-state index in [1.807, 2.05) is 73.1 Å². The van der Waals surface area contributed by atoms with Gasteiger partial charge < -0.3 is 0 Å². The van der Waals surface area contributed by atoms with Crippen LogP contribution in [0.15, 0.2) is 194 Å². The Morgan fingerprint density at radius 3 is 1.59 bits per heavy atom. The zero-order valence-electron chi connectivity index (χ0n) is 31.2. The highest BCUT2D eigenvalue weighted by Crippen LogP contribution is 2.35. The van der Waals surface area contributed by atoms with Crippen LogP contribution in [0.5, 0.6) is 0 Å². The van der Waals surface area contributed by atoms with Gasteiger partial charge in [-0.2, -0.15) is 0 Å². The van der Waals surface area contributed by atoms with Gasteiger partial charge in [0.05, 0.1) is 44.8 Å². The molecule has 0 amide bonds. The summed E-state index contributed by atoms with van der Waals surface area (Å²) in [5, 5.41) is 4.22. The Morgan fingerprint density at radius 2 is 0.845 bits per heavy atom. The van der Waals surface area contributed by atoms with Crippen molar-refractivity contribution in [2.45, 2.75) is 0 Å². The third-order valence-electron chi connectivity index (χ3n) is 10.8. The summed E-state index contributed by atoms with van der Waals surface area (Å²) in [6.45, 7) is 0. The van der Waals surface area contributed by atoms with Crippen molar-refractivity contribution in [1.82, 2.24) is 29.9 Å². The average Bonchev–Trinajstić information content (AvgIpc) is 3.31. The van der Waals surface area contributed by atoms with Crippen LogP contribution in [0.4, 0.5) is 0 Å². The summed E-state index contributed by atoms with van der Waals surface area (Å²) in [5.74, 6) is 0.703. The molecule has 0 radical (unpaired) electrons. The van der Waals surface area contributed by atoms with E-state index in [4.69, 9.17) is 24.9 Å². The highest BCUT2D eigenvalue weighted by Gasteiger charge is 2.14. The molecule has 0 saturated carbocycles. The van der Waals surface area contributed by atoms with Crippen LogP contribution >= 0.6 is 0 Å². The molecule has 0 unspecified atom stereocenters. The lowest BCUT2D eigenvalue weighted by atomic mass is 9.99. The molecule has 6 nitrogen and oxygen atoms in total. The summed E-state index contributed by atoms with van der Waals surface area (Å²) in [6, 6.07) is 62.7. The number of rotatable bonds is 6. The number of benzene rings is 6. The number of hydrogen-bond donors (Lipinski definition) is 0. The minimum atomic E-state index is 0.703. The molecular weight excluding hydrogens is 709 g/mol. The van der Waals surface area contributed by atoms with Crippen LogP contribution in [0.2, 0.25) is 0 Å². The molecule has 0 saturated heterocycles. The van der Waals surface area contributed by atoms with Gasteiger partial charge in [0, 0.05) is 61.8 Å². The van der Waals surface area contributed by atoms with Gasteiger partial charge in [0.1, 0.15) is 0 Å². The number of aromatic nitrogens is 6. The third kappa shape index (κ3) is 6.10. The summed E-state index contributed by atoms with van der Waals surface area (Å²) in [7, 11) is 0. The van der Waals surface area contributed by atoms with Crippen LogP contribution in [0.25, 0.3) is 111 Å². The van der Waals surface area contributed by atoms with E-state index in [1.54, 1.807) is 0 Å². The molecular formula is C52H32N6. The molecule has 6 heteroatoms. The van der Waals surface area contributed by atoms with Gasteiger partial charge in [0.2, 0.25) is 0 Å². The van der Waals surface area contributed by atoms with Crippen molar-refractivity contribution >= 4 is 43.6 Å². The average molecular weight is 741 g/mol. The Bertz CT molecular complexity index is 3270. The standard InChI is InChI=1S/C52H32N6/c1-3-9-34(10-4-1)48-32-49(58-52(57-48)38-11-5-2-6-12-38)35-17-15-33(16-18-35)39-21-19-36-23-25-44(55-46(36)30-39)40-22-20-37-24-26-45(56-47(37)31-40)43-29-41-13-7-27-53-50(41)51-42(43)14-8-28-54-51/h1-32H. The monoisotopic (exact) mass is 740 g/mol. The highest BCUT2D eigenvalue weighted by molar-refractivity contribution is 6.10. The molecule has 5 aromatic heterocycles. The maximum atomic E-state index is 5.19. The van der Waals surface area contributed by atoms with Crippen LogP contribution in [0, 0.1) is 0 Å². The van der Waals surface area contributed by atoms with Gasteiger partial charge in [-0.1, -0.05) is 133 Å². The number of hydrogen-bond acceptors (Lipinski definition) is 6. The van der Waals surface area contributed by atoms with Crippen molar-refractivity contribution in [3.8, 4) is 67.5 Å². The van der Waals surface area contributed by atoms with Crippen molar-refractivity contribution in [3.63, 3.8) is 0 Å². The van der Waals surface area contributed by atoms with Gasteiger partial charge in [0.25, 0.3) is 0 Å². The van der Waals surface area contributed by atoms with Crippen molar-refractivity contribution < 1.29 is 0 Å². The summed E-state index contributed by atoms with van der Waals surface area (Å²) in [5.41, 5.74) is 14.5. The molecule has 0 aliphatic heterocycles. The lowest BCUT2D eigenvalue weighted by Gasteiger charge is -2.11. The highest BCUT2D eigenvalue weighted by atomic mass is 14.9. The first-order chi connectivity index (χ1) is 28.7. The van der Waals surface area contributed by atoms with Gasteiger partial charge >= 0.3 is 0 Å². The molecule has 0 spiro atoms. The molecule has 0 aliphatic carbocycles. The van der Waals surface area contributed by atoms with Crippen molar-refractivity contribution in [1.29, 1.82) is 0 Å². The largest absolute Gasteiger partial charge is 0.254 e. The first-order valence-corrected chi connectivity index (χ1v) is 19.3. The minimum Gasteiger partial charge on any atom is -0.254 e. The van der Waals surface area contributed by atoms with E-state index in [9.17, 15) is 0 Å². The second kappa shape index (κ2) is 14.0. The first-order valence-electron chi connectivity index (χ1n) is 19.3. The molecule has 11 aromatic rings. The quantitative estimate of drug-likeness (QED) is 0.158. The number of pyridine rings is 4. The van der Waals surface area contributed by atoms with Crippen LogP contribution in [0.1, 0.15) is 0 Å². The van der Waals surface area contributed by atoms with Gasteiger partial charge in [0.15, 0.2) is 5.82 Å². The Morgan fingerprint density at radius 1 is 0.293 bits per heavy atom. The second-order valence-electron chi connectivity index (χ2n) is 14.4. The van der Waals surface area contributed by atoms with Gasteiger partial charge in [-0.15, -0.1) is 0 Å². The Kier molecular flexibility index (Phi) is 8.04. The molecule has 0 aliphatic rings. The molecule has 11 rings (SSSR count). The van der Waals surface area contributed by atoms with E-state index >= 15 is 0 Å². The molecule has 0 atom stereocenters. The van der Waals surface area contributed by atoms with E-state index in [0.29, 0.717) is 5.82 Å². The predicted molar refractivity (Wildman–Crippen MR) is 236 cm³/mol. The predicted octanol–water partition coefficient (Wildman–Crippen LogP) is 12.7. The Labute approximate surface area is 334 Å². The fourth-order valence-corrected chi connectivity index (χ4v) is 7.77. The number of fused-ring (bicyclic) bond motifs is 5. The molecule has 0 bridgehead atoms. The zero-order valence-corrected chi connectivity index (χ0v) is 31.2. The SMILES string of the molecule is c1ccc(-c2cc(-c3ccc(-c4ccc5ccc(-c6ccc7ccc(-c8cc9cccnc9c9ncccc89)nc7c6)nc5c4)cc3)nc(-c3ccccc3)n2)cc1. The smallest absolute Gasteiger partial charge is 0.160 e. The van der Waals surface area contributed by atoms with Crippen molar-refractivity contribution in [3.05, 3.63) is 194 Å². The maximum Gasteiger partial charge on any atom is 0.160 e. The van der Waals surface area contributed by atoms with Crippen LogP contribution in [0.3, 0.4) is 0 Å². The van der Waals surface area contributed by atoms with E-state index in [-0.39, 0.29) is 0 Å². The molecule has 270 valence electrons. The summed E-state index contributed by atoms with van der Waals surface area (Å²) >= 11 is 0. The molecule has 5 heterocycles. The Hall–Kier alpha value is -7.96. The van der Waals surface area contributed by atoms with Gasteiger partial charge in [-0.25, -0.2) is 19.9 Å². The van der Waals surface area contributed by atoms with Crippen LogP contribution in [-0.4, -0.2) is 29.9 Å². The van der Waals surface area contributed by atoms with Crippen molar-refractivity contribution in [2.75, 3.05) is 0 Å². The molecule has 0 N–H and O–H groups in total. The Balaban J connectivity index is 0.924. The molecule has 0 fully saturated rings. The van der Waals surface area contributed by atoms with Crippen LogP contribution < -0.4 is 0 Å². The molecule has 6 aromatic carbocycles. The summed E-state index contributed by atoms with van der Waals surface area (Å²) in [6.07, 6.45) is 3.63. The van der Waals surface area contributed by atoms with Crippen molar-refractivity contribution in [2.24, 2.45) is 0 Å². The molecule has 58 heavy (non-hydrogen) atoms. The topological polar surface area (TPSA) is 77.3 Å². The fraction of sp³-hybridized carbons (Fsp3) is 0. The lowest BCUT2D eigenvalue weighted by molar-refractivity contribution is 1.18. The lowest BCUT2D eigenvalue weighted by Crippen LogP contribution is -1.95.